The van der Waals surface area contributed by atoms with E-state index in [1.54, 1.807) is 0 Å². The first-order valence-corrected chi connectivity index (χ1v) is 6.67. The van der Waals surface area contributed by atoms with Gasteiger partial charge in [-0.25, -0.2) is 0 Å². The van der Waals surface area contributed by atoms with Crippen LogP contribution in [0.15, 0.2) is 0 Å². The SMILES string of the molecule is CC(C)C(C)NCC1CCOC1C(C)(C)C. The third-order valence-electron chi connectivity index (χ3n) is 3.77. The molecule has 3 unspecified atom stereocenters. The molecule has 0 aromatic carbocycles. The van der Waals surface area contributed by atoms with Crippen LogP contribution in [-0.2, 0) is 4.74 Å². The summed E-state index contributed by atoms with van der Waals surface area (Å²) in [4.78, 5) is 0. The van der Waals surface area contributed by atoms with Crippen LogP contribution in [0.3, 0.4) is 0 Å². The summed E-state index contributed by atoms with van der Waals surface area (Å²) < 4.78 is 5.88. The van der Waals surface area contributed by atoms with Gasteiger partial charge in [0, 0.05) is 25.1 Å². The predicted octanol–water partition coefficient (Wildman–Crippen LogP) is 3.07. The lowest BCUT2D eigenvalue weighted by Crippen LogP contribution is -2.40. The molecule has 2 nitrogen and oxygen atoms in total. The maximum absolute atomic E-state index is 5.88. The summed E-state index contributed by atoms with van der Waals surface area (Å²) in [5, 5.41) is 3.65. The van der Waals surface area contributed by atoms with Crippen LogP contribution in [0.2, 0.25) is 0 Å². The van der Waals surface area contributed by atoms with E-state index in [1.165, 1.54) is 6.42 Å². The van der Waals surface area contributed by atoms with E-state index < -0.39 is 0 Å². The van der Waals surface area contributed by atoms with Gasteiger partial charge in [0.15, 0.2) is 0 Å². The van der Waals surface area contributed by atoms with Gasteiger partial charge < -0.3 is 10.1 Å². The molecule has 1 aliphatic rings. The van der Waals surface area contributed by atoms with Crippen molar-refractivity contribution in [2.45, 2.75) is 60.1 Å². The normalized spacial score (nSPS) is 28.7. The second-order valence-electron chi connectivity index (χ2n) is 6.65. The van der Waals surface area contributed by atoms with Crippen LogP contribution in [-0.4, -0.2) is 25.3 Å². The molecule has 1 aliphatic heterocycles. The highest BCUT2D eigenvalue weighted by Crippen LogP contribution is 2.34. The minimum Gasteiger partial charge on any atom is -0.377 e. The van der Waals surface area contributed by atoms with Gasteiger partial charge in [-0.3, -0.25) is 0 Å². The Morgan fingerprint density at radius 3 is 2.38 bits per heavy atom. The Morgan fingerprint density at radius 1 is 1.25 bits per heavy atom. The Labute approximate surface area is 101 Å². The van der Waals surface area contributed by atoms with E-state index in [9.17, 15) is 0 Å². The molecule has 2 heteroatoms. The van der Waals surface area contributed by atoms with Gasteiger partial charge >= 0.3 is 0 Å². The zero-order valence-corrected chi connectivity index (χ0v) is 11.8. The smallest absolute Gasteiger partial charge is 0.0664 e. The quantitative estimate of drug-likeness (QED) is 0.797. The monoisotopic (exact) mass is 227 g/mol. The zero-order chi connectivity index (χ0) is 12.3. The molecule has 3 atom stereocenters. The maximum Gasteiger partial charge on any atom is 0.0664 e. The van der Waals surface area contributed by atoms with Gasteiger partial charge in [0.1, 0.15) is 0 Å². The van der Waals surface area contributed by atoms with Gasteiger partial charge in [0.2, 0.25) is 0 Å². The molecule has 0 aromatic rings. The summed E-state index contributed by atoms with van der Waals surface area (Å²) >= 11 is 0. The fraction of sp³-hybridized carbons (Fsp3) is 1.00. The molecule has 1 fully saturated rings. The number of rotatable bonds is 4. The maximum atomic E-state index is 5.88. The highest BCUT2D eigenvalue weighted by Gasteiger charge is 2.36. The van der Waals surface area contributed by atoms with Crippen molar-refractivity contribution in [1.82, 2.24) is 5.32 Å². The Bertz CT molecular complexity index is 207. The lowest BCUT2D eigenvalue weighted by atomic mass is 9.81. The largest absolute Gasteiger partial charge is 0.377 e. The van der Waals surface area contributed by atoms with Gasteiger partial charge in [-0.15, -0.1) is 0 Å². The first kappa shape index (κ1) is 14.0. The molecule has 1 rings (SSSR count). The number of ether oxygens (including phenoxy) is 1. The molecule has 0 amide bonds. The van der Waals surface area contributed by atoms with Crippen LogP contribution in [0.4, 0.5) is 0 Å². The number of nitrogens with one attached hydrogen (secondary N) is 1. The van der Waals surface area contributed by atoms with Crippen LogP contribution in [0.1, 0.15) is 48.0 Å². The number of hydrogen-bond donors (Lipinski definition) is 1. The standard InChI is InChI=1S/C14H29NO/c1-10(2)11(3)15-9-12-7-8-16-13(12)14(4,5)6/h10-13,15H,7-9H2,1-6H3. The van der Waals surface area contributed by atoms with Crippen LogP contribution < -0.4 is 5.32 Å². The number of hydrogen-bond acceptors (Lipinski definition) is 2. The van der Waals surface area contributed by atoms with Crippen LogP contribution in [0.5, 0.6) is 0 Å². The highest BCUT2D eigenvalue weighted by molar-refractivity contribution is 4.87. The third-order valence-corrected chi connectivity index (χ3v) is 3.77. The molecular weight excluding hydrogens is 198 g/mol. The van der Waals surface area contributed by atoms with Gasteiger partial charge in [-0.1, -0.05) is 34.6 Å². The Balaban J connectivity index is 2.42. The molecule has 96 valence electrons. The molecule has 1 heterocycles. The van der Waals surface area contributed by atoms with Crippen molar-refractivity contribution in [3.63, 3.8) is 0 Å². The second-order valence-corrected chi connectivity index (χ2v) is 6.65. The summed E-state index contributed by atoms with van der Waals surface area (Å²) in [6.07, 6.45) is 1.62. The van der Waals surface area contributed by atoms with E-state index in [-0.39, 0.29) is 5.41 Å². The fourth-order valence-electron chi connectivity index (χ4n) is 2.37. The van der Waals surface area contributed by atoms with E-state index in [1.807, 2.05) is 0 Å². The lowest BCUT2D eigenvalue weighted by molar-refractivity contribution is 0.00665. The topological polar surface area (TPSA) is 21.3 Å². The summed E-state index contributed by atoms with van der Waals surface area (Å²) in [5.74, 6) is 1.39. The molecule has 1 N–H and O–H groups in total. The van der Waals surface area contributed by atoms with E-state index in [0.29, 0.717) is 24.0 Å². The Morgan fingerprint density at radius 2 is 1.88 bits per heavy atom. The van der Waals surface area contributed by atoms with Crippen LogP contribution >= 0.6 is 0 Å². The van der Waals surface area contributed by atoms with Crippen LogP contribution in [0, 0.1) is 17.3 Å². The first-order chi connectivity index (χ1) is 7.32. The molecule has 16 heavy (non-hydrogen) atoms. The molecule has 0 radical (unpaired) electrons. The van der Waals surface area contributed by atoms with Crippen molar-refractivity contribution >= 4 is 0 Å². The van der Waals surface area contributed by atoms with Crippen molar-refractivity contribution in [2.24, 2.45) is 17.3 Å². The second kappa shape index (κ2) is 5.50. The summed E-state index contributed by atoms with van der Waals surface area (Å²) in [5.41, 5.74) is 0.268. The van der Waals surface area contributed by atoms with Crippen molar-refractivity contribution in [1.29, 1.82) is 0 Å². The summed E-state index contributed by atoms with van der Waals surface area (Å²) in [7, 11) is 0. The molecule has 0 aromatic heterocycles. The summed E-state index contributed by atoms with van der Waals surface area (Å²) in [6, 6.07) is 0.598. The lowest BCUT2D eigenvalue weighted by Gasteiger charge is -2.32. The third kappa shape index (κ3) is 3.74. The van der Waals surface area contributed by atoms with Gasteiger partial charge in [0.05, 0.1) is 6.10 Å². The fourth-order valence-corrected chi connectivity index (χ4v) is 2.37. The van der Waals surface area contributed by atoms with E-state index in [4.69, 9.17) is 4.74 Å². The van der Waals surface area contributed by atoms with Crippen LogP contribution in [0.25, 0.3) is 0 Å². The van der Waals surface area contributed by atoms with Crippen molar-refractivity contribution in [3.05, 3.63) is 0 Å². The van der Waals surface area contributed by atoms with Gasteiger partial charge in [-0.2, -0.15) is 0 Å². The molecule has 0 saturated carbocycles. The Hall–Kier alpha value is -0.0800. The van der Waals surface area contributed by atoms with Crippen molar-refractivity contribution < 1.29 is 4.74 Å². The molecule has 0 spiro atoms. The highest BCUT2D eigenvalue weighted by atomic mass is 16.5. The van der Waals surface area contributed by atoms with Gasteiger partial charge in [0.25, 0.3) is 0 Å². The average Bonchev–Trinajstić information content (AvgIpc) is 2.60. The predicted molar refractivity (Wildman–Crippen MR) is 69.6 cm³/mol. The molecule has 0 aliphatic carbocycles. The zero-order valence-electron chi connectivity index (χ0n) is 11.8. The average molecular weight is 227 g/mol. The van der Waals surface area contributed by atoms with E-state index >= 15 is 0 Å². The first-order valence-electron chi connectivity index (χ1n) is 6.67. The Kier molecular flexibility index (Phi) is 4.81. The van der Waals surface area contributed by atoms with E-state index in [0.717, 1.165) is 13.2 Å². The minimum atomic E-state index is 0.268. The summed E-state index contributed by atoms with van der Waals surface area (Å²) in [6.45, 7) is 15.7. The molecule has 0 bridgehead atoms. The van der Waals surface area contributed by atoms with Crippen molar-refractivity contribution in [2.75, 3.05) is 13.2 Å². The van der Waals surface area contributed by atoms with Crippen molar-refractivity contribution in [3.8, 4) is 0 Å². The molecule has 1 saturated heterocycles. The minimum absolute atomic E-state index is 0.268. The van der Waals surface area contributed by atoms with Gasteiger partial charge in [-0.05, 0) is 24.7 Å². The molecular formula is C14H29NO. The van der Waals surface area contributed by atoms with E-state index in [2.05, 4.69) is 46.9 Å².